The Morgan fingerprint density at radius 2 is 0.898 bits per heavy atom. The van der Waals surface area contributed by atoms with Crippen LogP contribution < -0.4 is 0 Å². The van der Waals surface area contributed by atoms with Gasteiger partial charge in [-0.3, -0.25) is 0 Å². The molecule has 0 saturated carbocycles. The first-order valence-corrected chi connectivity index (χ1v) is 22.1. The van der Waals surface area contributed by atoms with Gasteiger partial charge in [-0.2, -0.15) is 0 Å². The molecule has 1 fully saturated rings. The monoisotopic (exact) mass is 801 g/mol. The summed E-state index contributed by atoms with van der Waals surface area (Å²) in [5.74, 6) is 2.40. The molecule has 1 aliphatic heterocycles. The number of epoxide rings is 1. The second kappa shape index (κ2) is 43.3. The molecule has 1 heterocycles. The van der Waals surface area contributed by atoms with Gasteiger partial charge in [0.1, 0.15) is 6.10 Å². The lowest BCUT2D eigenvalue weighted by Crippen LogP contribution is -1.93. The topological polar surface area (TPSA) is 12.5 Å². The molecule has 1 nitrogen and oxygen atoms in total. The molecule has 0 aromatic rings. The lowest BCUT2D eigenvalue weighted by Gasteiger charge is -2.00. The molecule has 0 radical (unpaired) electrons. The van der Waals surface area contributed by atoms with Gasteiger partial charge in [0.25, 0.3) is 0 Å². The molecule has 1 saturated heterocycles. The van der Waals surface area contributed by atoms with Crippen LogP contribution in [0.1, 0.15) is 145 Å². The smallest absolute Gasteiger partial charge is 0.102 e. The van der Waals surface area contributed by atoms with E-state index in [9.17, 15) is 0 Å². The van der Waals surface area contributed by atoms with E-state index in [0.29, 0.717) is 35.9 Å². The van der Waals surface area contributed by atoms with Crippen LogP contribution in [0.3, 0.4) is 0 Å². The number of rotatable bonds is 28. The maximum absolute atomic E-state index is 5.57. The summed E-state index contributed by atoms with van der Waals surface area (Å²) in [5.41, 5.74) is 16.6. The van der Waals surface area contributed by atoms with Gasteiger partial charge in [-0.05, 0) is 164 Å². The highest BCUT2D eigenvalue weighted by atomic mass is 16.6. The molecule has 59 heavy (non-hydrogen) atoms. The molecule has 2 unspecified atom stereocenters. The maximum atomic E-state index is 5.57. The number of unbranched alkanes of at least 4 members (excludes halogenated alkanes) is 2. The van der Waals surface area contributed by atoms with Crippen molar-refractivity contribution in [3.8, 4) is 0 Å². The number of hydrogen-bond acceptors (Lipinski definition) is 1. The Kier molecular flexibility index (Phi) is 43.3. The normalized spacial score (nSPS) is 16.0. The van der Waals surface area contributed by atoms with Gasteiger partial charge in [0.2, 0.25) is 0 Å². The third-order valence-electron chi connectivity index (χ3n) is 9.58. The standard InChI is InChI=1S/C15H22O.C15H24.C15H22.C13H20/c1-5-7-13(4)9-11-15-14(16-15)10-8-12(3)6-2;2*1-5-11-15(4)13-10-8-7-9-12-14(3)6-2;1-5-9-13(4)11-8-7-10-12(3)6-2/h5,9,11,13-15H,1-2,7-8,10H2,3-4H3;5,10,13,15H,1-2,7-9,11-12H2,3-4H3;5,7-8,10,13,15H,1-2,9,11-12H2,3-4H3;5,8,11,13H,1-2,7,9-10H2,3-4H3/b11-9-;13-10-;8-7+,13-10-;11-8-/t13-,14?,15?;2*15-;13-/m0000/s1. The van der Waals surface area contributed by atoms with Crippen molar-refractivity contribution in [3.05, 3.63) is 183 Å². The Morgan fingerprint density at radius 1 is 0.492 bits per heavy atom. The molecule has 6 atom stereocenters. The second-order valence-corrected chi connectivity index (χ2v) is 15.9. The zero-order chi connectivity index (χ0) is 45.1. The van der Waals surface area contributed by atoms with Crippen LogP contribution >= 0.6 is 0 Å². The fraction of sp³-hybridized carbons (Fsp3) is 0.483. The summed E-state index contributed by atoms with van der Waals surface area (Å²) in [6.45, 7) is 46.5. The molecule has 1 rings (SSSR count). The van der Waals surface area contributed by atoms with E-state index >= 15 is 0 Å². The number of allylic oxidation sites excluding steroid dienone is 17. The van der Waals surface area contributed by atoms with E-state index in [1.165, 1.54) is 41.6 Å². The summed E-state index contributed by atoms with van der Waals surface area (Å²) in [6.07, 6.45) is 46.1. The first-order chi connectivity index (χ1) is 28.3. The first-order valence-electron chi connectivity index (χ1n) is 22.1. The lowest BCUT2D eigenvalue weighted by atomic mass is 10.1. The van der Waals surface area contributed by atoms with Crippen LogP contribution in [0.25, 0.3) is 0 Å². The van der Waals surface area contributed by atoms with Crippen LogP contribution in [0.15, 0.2) is 183 Å². The van der Waals surface area contributed by atoms with Crippen LogP contribution in [0.5, 0.6) is 0 Å². The van der Waals surface area contributed by atoms with Gasteiger partial charge in [0, 0.05) is 0 Å². The predicted octanol–water partition coefficient (Wildman–Crippen LogP) is 18.2. The highest BCUT2D eigenvalue weighted by Crippen LogP contribution is 2.29. The van der Waals surface area contributed by atoms with Gasteiger partial charge in [-0.15, -0.1) is 49.2 Å². The zero-order valence-corrected chi connectivity index (χ0v) is 39.5. The summed E-state index contributed by atoms with van der Waals surface area (Å²) in [5, 5.41) is 0. The van der Waals surface area contributed by atoms with E-state index in [2.05, 4.69) is 192 Å². The van der Waals surface area contributed by atoms with Crippen LogP contribution in [0.2, 0.25) is 0 Å². The molecule has 0 aromatic carbocycles. The van der Waals surface area contributed by atoms with Gasteiger partial charge in [-0.25, -0.2) is 0 Å². The van der Waals surface area contributed by atoms with Crippen LogP contribution in [0.4, 0.5) is 0 Å². The molecule has 0 amide bonds. The fourth-order valence-corrected chi connectivity index (χ4v) is 5.27. The van der Waals surface area contributed by atoms with E-state index in [0.717, 1.165) is 70.6 Å². The average molecular weight is 801 g/mol. The van der Waals surface area contributed by atoms with Gasteiger partial charge in [0.15, 0.2) is 0 Å². The van der Waals surface area contributed by atoms with E-state index in [4.69, 9.17) is 4.74 Å². The SMILES string of the molecule is C=C=C(C)CC/C=C/C=C\[C@@H](C)CC=C.C=C=C(C)CC/C=C\[C@@H](C)CC=C.C=C=C(C)CCC1OC1/C=C\[C@@H](C)CC=C.C=C=C(C)CCCC/C=C\[C@@H](C)CC=C. The number of ether oxygens (including phenoxy) is 1. The fourth-order valence-electron chi connectivity index (χ4n) is 5.27. The lowest BCUT2D eigenvalue weighted by molar-refractivity contribution is 0.379. The van der Waals surface area contributed by atoms with Crippen molar-refractivity contribution in [3.63, 3.8) is 0 Å². The highest BCUT2D eigenvalue weighted by molar-refractivity contribution is 5.07. The predicted molar refractivity (Wildman–Crippen MR) is 270 cm³/mol. The van der Waals surface area contributed by atoms with Crippen molar-refractivity contribution in [1.29, 1.82) is 0 Å². The molecule has 0 aliphatic carbocycles. The summed E-state index contributed by atoms with van der Waals surface area (Å²) >= 11 is 0. The third kappa shape index (κ3) is 44.6. The third-order valence-corrected chi connectivity index (χ3v) is 9.58. The highest BCUT2D eigenvalue weighted by Gasteiger charge is 2.35. The van der Waals surface area contributed by atoms with Crippen molar-refractivity contribution >= 4 is 0 Å². The summed E-state index contributed by atoms with van der Waals surface area (Å²) in [6, 6.07) is 0. The Bertz CT molecular complexity index is 1490. The van der Waals surface area contributed by atoms with Gasteiger partial charge < -0.3 is 4.74 Å². The molecule has 0 bridgehead atoms. The van der Waals surface area contributed by atoms with Gasteiger partial charge in [0.05, 0.1) is 6.10 Å². The first kappa shape index (κ1) is 59.0. The Hall–Kier alpha value is -4.30. The zero-order valence-electron chi connectivity index (χ0n) is 39.5. The largest absolute Gasteiger partial charge is 0.365 e. The minimum atomic E-state index is 0.338. The molecule has 0 aromatic heterocycles. The van der Waals surface area contributed by atoms with Gasteiger partial charge in [-0.1, -0.05) is 139 Å². The molecule has 0 spiro atoms. The average Bonchev–Trinajstić information content (AvgIpc) is 3.99. The Balaban J connectivity index is -0.000000711. The molecule has 1 aliphatic rings. The Morgan fingerprint density at radius 3 is 1.37 bits per heavy atom. The quantitative estimate of drug-likeness (QED) is 0.0252. The summed E-state index contributed by atoms with van der Waals surface area (Å²) in [7, 11) is 0. The van der Waals surface area contributed by atoms with Crippen molar-refractivity contribution < 1.29 is 4.74 Å². The van der Waals surface area contributed by atoms with E-state index in [1.54, 1.807) is 0 Å². The van der Waals surface area contributed by atoms with Crippen molar-refractivity contribution in [2.75, 3.05) is 0 Å². The number of hydrogen-bond donors (Lipinski definition) is 0. The summed E-state index contributed by atoms with van der Waals surface area (Å²) < 4.78 is 5.57. The van der Waals surface area contributed by atoms with Crippen LogP contribution in [-0.2, 0) is 4.74 Å². The van der Waals surface area contributed by atoms with Crippen LogP contribution in [-0.4, -0.2) is 12.2 Å². The Labute approximate surface area is 367 Å². The van der Waals surface area contributed by atoms with Crippen molar-refractivity contribution in [2.24, 2.45) is 23.7 Å². The van der Waals surface area contributed by atoms with E-state index in [1.807, 2.05) is 24.3 Å². The molecular formula is C58H88O. The maximum Gasteiger partial charge on any atom is 0.102 e. The van der Waals surface area contributed by atoms with Crippen molar-refractivity contribution in [1.82, 2.24) is 0 Å². The van der Waals surface area contributed by atoms with E-state index in [-0.39, 0.29) is 0 Å². The van der Waals surface area contributed by atoms with Crippen molar-refractivity contribution in [2.45, 2.75) is 157 Å². The van der Waals surface area contributed by atoms with Gasteiger partial charge >= 0.3 is 0 Å². The van der Waals surface area contributed by atoms with E-state index < -0.39 is 0 Å². The molecule has 0 N–H and O–H groups in total. The molecular weight excluding hydrogens is 713 g/mol. The van der Waals surface area contributed by atoms with Crippen LogP contribution in [0, 0.1) is 23.7 Å². The molecule has 1 heteroatoms. The minimum absolute atomic E-state index is 0.338. The molecule has 326 valence electrons. The minimum Gasteiger partial charge on any atom is -0.365 e. The summed E-state index contributed by atoms with van der Waals surface area (Å²) in [4.78, 5) is 0. The second-order valence-electron chi connectivity index (χ2n) is 15.9.